The van der Waals surface area contributed by atoms with E-state index in [2.05, 4.69) is 10.3 Å². The van der Waals surface area contributed by atoms with Crippen LogP contribution in [0.4, 0.5) is 5.69 Å². The molecule has 4 rings (SSSR count). The maximum absolute atomic E-state index is 12.8. The molecule has 8 heteroatoms. The number of nitrogens with zero attached hydrogens (tertiary/aromatic N) is 3. The van der Waals surface area contributed by atoms with Crippen molar-refractivity contribution in [1.29, 1.82) is 0 Å². The highest BCUT2D eigenvalue weighted by Crippen LogP contribution is 2.31. The van der Waals surface area contributed by atoms with Crippen LogP contribution < -0.4 is 10.2 Å². The number of aliphatic imine (C=N–C) groups is 1. The van der Waals surface area contributed by atoms with E-state index in [4.69, 9.17) is 0 Å². The number of benzene rings is 1. The van der Waals surface area contributed by atoms with Crippen molar-refractivity contribution in [2.75, 3.05) is 4.90 Å². The Labute approximate surface area is 148 Å². The Bertz CT molecular complexity index is 915. The highest BCUT2D eigenvalue weighted by Gasteiger charge is 2.44. The summed E-state index contributed by atoms with van der Waals surface area (Å²) in [6, 6.07) is 3.94. The number of fused-ring (bicyclic) bond motifs is 1. The molecule has 1 saturated heterocycles. The lowest BCUT2D eigenvalue weighted by molar-refractivity contribution is -0.136. The number of allylic oxidation sites excluding steroid dienone is 1. The van der Waals surface area contributed by atoms with E-state index in [0.717, 1.165) is 4.90 Å². The van der Waals surface area contributed by atoms with Gasteiger partial charge < -0.3 is 4.90 Å². The molecule has 3 heterocycles. The predicted octanol–water partition coefficient (Wildman–Crippen LogP) is 0.964. The summed E-state index contributed by atoms with van der Waals surface area (Å²) in [5.41, 5.74) is 1.18. The lowest BCUT2D eigenvalue weighted by atomic mass is 10.0. The Hall–Kier alpha value is -3.55. The van der Waals surface area contributed by atoms with Gasteiger partial charge in [-0.3, -0.25) is 34.4 Å². The number of imide groups is 2. The van der Waals surface area contributed by atoms with Gasteiger partial charge >= 0.3 is 0 Å². The Kier molecular flexibility index (Phi) is 3.72. The van der Waals surface area contributed by atoms with E-state index >= 15 is 0 Å². The second-order valence-electron chi connectivity index (χ2n) is 6.02. The summed E-state index contributed by atoms with van der Waals surface area (Å²) < 4.78 is 0. The first-order chi connectivity index (χ1) is 12.6. The number of carbonyl (C=O) groups excluding carboxylic acids is 4. The zero-order chi connectivity index (χ0) is 18.3. The topological polar surface area (TPSA) is 99.2 Å². The summed E-state index contributed by atoms with van der Waals surface area (Å²) in [6.45, 7) is 0. The lowest BCUT2D eigenvalue weighted by Gasteiger charge is -2.27. The first-order valence-electron chi connectivity index (χ1n) is 8.07. The molecular weight excluding hydrogens is 336 g/mol. The number of nitrogens with one attached hydrogen (secondary N) is 1. The molecule has 0 bridgehead atoms. The molecule has 3 aliphatic heterocycles. The molecule has 1 aromatic carbocycles. The zero-order valence-corrected chi connectivity index (χ0v) is 13.6. The first-order valence-corrected chi connectivity index (χ1v) is 8.07. The molecule has 4 amide bonds. The molecule has 0 aromatic heterocycles. The van der Waals surface area contributed by atoms with Crippen molar-refractivity contribution in [3.63, 3.8) is 0 Å². The van der Waals surface area contributed by atoms with Crippen LogP contribution in [0.5, 0.6) is 0 Å². The summed E-state index contributed by atoms with van der Waals surface area (Å²) in [4.78, 5) is 55.5. The predicted molar refractivity (Wildman–Crippen MR) is 92.4 cm³/mol. The molecular formula is C18H14N4O4. The summed E-state index contributed by atoms with van der Waals surface area (Å²) >= 11 is 0. The molecule has 0 saturated carbocycles. The van der Waals surface area contributed by atoms with Crippen LogP contribution in [0, 0.1) is 0 Å². The summed E-state index contributed by atoms with van der Waals surface area (Å²) in [5, 5.41) is 2.18. The molecule has 26 heavy (non-hydrogen) atoms. The van der Waals surface area contributed by atoms with Crippen molar-refractivity contribution in [2.24, 2.45) is 4.99 Å². The Morgan fingerprint density at radius 3 is 2.65 bits per heavy atom. The van der Waals surface area contributed by atoms with E-state index in [1.807, 2.05) is 0 Å². The van der Waals surface area contributed by atoms with E-state index in [9.17, 15) is 19.2 Å². The number of carbonyl (C=O) groups is 4. The maximum Gasteiger partial charge on any atom is 0.262 e. The van der Waals surface area contributed by atoms with Gasteiger partial charge in [0, 0.05) is 36.9 Å². The molecule has 1 N–H and O–H groups in total. The SMILES string of the molecule is O=C1CCC(N2C(=O)c3ccc(N4C=CC=NC=C4)cc3C2=O)C(=O)N1. The molecule has 1 unspecified atom stereocenters. The number of hydrogen-bond acceptors (Lipinski definition) is 6. The Morgan fingerprint density at radius 2 is 1.85 bits per heavy atom. The van der Waals surface area contributed by atoms with Crippen LogP contribution in [-0.2, 0) is 9.59 Å². The van der Waals surface area contributed by atoms with Crippen molar-refractivity contribution < 1.29 is 19.2 Å². The number of piperidine rings is 1. The molecule has 3 aliphatic rings. The largest absolute Gasteiger partial charge is 0.322 e. The van der Waals surface area contributed by atoms with E-state index < -0.39 is 29.7 Å². The average Bonchev–Trinajstić information content (AvgIpc) is 2.82. The quantitative estimate of drug-likeness (QED) is 0.801. The van der Waals surface area contributed by atoms with Crippen molar-refractivity contribution >= 4 is 35.5 Å². The minimum absolute atomic E-state index is 0.0957. The van der Waals surface area contributed by atoms with Gasteiger partial charge in [-0.05, 0) is 30.7 Å². The van der Waals surface area contributed by atoms with Crippen molar-refractivity contribution in [2.45, 2.75) is 18.9 Å². The van der Waals surface area contributed by atoms with Crippen LogP contribution in [0.2, 0.25) is 0 Å². The minimum Gasteiger partial charge on any atom is -0.322 e. The monoisotopic (exact) mass is 350 g/mol. The van der Waals surface area contributed by atoms with Crippen molar-refractivity contribution in [1.82, 2.24) is 10.2 Å². The average molecular weight is 350 g/mol. The number of hydrogen-bond donors (Lipinski definition) is 1. The molecule has 1 aromatic rings. The molecule has 0 radical (unpaired) electrons. The van der Waals surface area contributed by atoms with Crippen LogP contribution in [-0.4, -0.2) is 40.8 Å². The van der Waals surface area contributed by atoms with E-state index in [1.54, 1.807) is 54.0 Å². The lowest BCUT2D eigenvalue weighted by Crippen LogP contribution is -2.54. The number of rotatable bonds is 2. The Balaban J connectivity index is 1.66. The van der Waals surface area contributed by atoms with Crippen LogP contribution in [0.1, 0.15) is 33.6 Å². The fourth-order valence-electron chi connectivity index (χ4n) is 3.18. The summed E-state index contributed by atoms with van der Waals surface area (Å²) in [7, 11) is 0. The van der Waals surface area contributed by atoms with E-state index in [-0.39, 0.29) is 24.0 Å². The van der Waals surface area contributed by atoms with Crippen LogP contribution in [0.25, 0.3) is 0 Å². The van der Waals surface area contributed by atoms with Gasteiger partial charge in [-0.25, -0.2) is 0 Å². The van der Waals surface area contributed by atoms with Gasteiger partial charge in [0.05, 0.1) is 11.1 Å². The highest BCUT2D eigenvalue weighted by atomic mass is 16.2. The molecule has 0 aliphatic carbocycles. The Morgan fingerprint density at radius 1 is 1.04 bits per heavy atom. The third kappa shape index (κ3) is 2.52. The van der Waals surface area contributed by atoms with E-state index in [1.165, 1.54) is 0 Å². The molecule has 1 atom stereocenters. The van der Waals surface area contributed by atoms with Crippen LogP contribution in [0.3, 0.4) is 0 Å². The van der Waals surface area contributed by atoms with Gasteiger partial charge in [-0.15, -0.1) is 0 Å². The fourth-order valence-corrected chi connectivity index (χ4v) is 3.18. The van der Waals surface area contributed by atoms with Crippen LogP contribution in [0.15, 0.2) is 47.9 Å². The van der Waals surface area contributed by atoms with Gasteiger partial charge in [0.15, 0.2) is 0 Å². The van der Waals surface area contributed by atoms with E-state index in [0.29, 0.717) is 5.69 Å². The van der Waals surface area contributed by atoms with Crippen LogP contribution >= 0.6 is 0 Å². The zero-order valence-electron chi connectivity index (χ0n) is 13.6. The van der Waals surface area contributed by atoms with Gasteiger partial charge in [0.2, 0.25) is 11.8 Å². The fraction of sp³-hybridized carbons (Fsp3) is 0.167. The second kappa shape index (κ2) is 6.07. The molecule has 0 spiro atoms. The maximum atomic E-state index is 12.8. The third-order valence-electron chi connectivity index (χ3n) is 4.45. The smallest absolute Gasteiger partial charge is 0.262 e. The standard InChI is InChI=1S/C18H14N4O4/c23-15-5-4-14(16(24)20-15)22-17(25)12-3-2-11(10-13(12)18(22)26)21-8-1-6-19-7-9-21/h1-3,6-10,14H,4-5H2,(H,20,23,24). The van der Waals surface area contributed by atoms with Gasteiger partial charge in [0.25, 0.3) is 11.8 Å². The summed E-state index contributed by atoms with van der Waals surface area (Å²) in [6.07, 6.45) is 8.71. The van der Waals surface area contributed by atoms with Gasteiger partial charge in [-0.1, -0.05) is 0 Å². The third-order valence-corrected chi connectivity index (χ3v) is 4.45. The normalized spacial score (nSPS) is 21.9. The second-order valence-corrected chi connectivity index (χ2v) is 6.02. The highest BCUT2D eigenvalue weighted by molar-refractivity contribution is 6.23. The minimum atomic E-state index is -0.963. The molecule has 8 nitrogen and oxygen atoms in total. The van der Waals surface area contributed by atoms with Gasteiger partial charge in [0.1, 0.15) is 6.04 Å². The van der Waals surface area contributed by atoms with Gasteiger partial charge in [-0.2, -0.15) is 0 Å². The first kappa shape index (κ1) is 15.9. The number of amides is 4. The molecule has 1 fully saturated rings. The summed E-state index contributed by atoms with van der Waals surface area (Å²) in [5.74, 6) is -2.06. The van der Waals surface area contributed by atoms with Crippen molar-refractivity contribution in [3.8, 4) is 0 Å². The number of anilines is 1. The molecule has 130 valence electrons. The van der Waals surface area contributed by atoms with Crippen molar-refractivity contribution in [3.05, 3.63) is 54.0 Å².